The fourth-order valence-corrected chi connectivity index (χ4v) is 3.68. The van der Waals surface area contributed by atoms with Crippen LogP contribution in [-0.4, -0.2) is 27.5 Å². The fraction of sp³-hybridized carbons (Fsp3) is 0.824. The Hall–Kier alpha value is -1.43. The summed E-state index contributed by atoms with van der Waals surface area (Å²) < 4.78 is 5.50. The molecule has 0 radical (unpaired) electrons. The van der Waals surface area contributed by atoms with Crippen LogP contribution >= 0.6 is 0 Å². The van der Waals surface area contributed by atoms with E-state index in [1.807, 2.05) is 4.90 Å². The van der Waals surface area contributed by atoms with E-state index in [-0.39, 0.29) is 17.4 Å². The predicted octanol–water partition coefficient (Wildman–Crippen LogP) is 2.90. The van der Waals surface area contributed by atoms with Crippen LogP contribution in [0.5, 0.6) is 0 Å². The lowest BCUT2D eigenvalue weighted by atomic mass is 9.91. The second kappa shape index (κ2) is 5.89. The molecular formula is C17H28N4O2. The van der Waals surface area contributed by atoms with Gasteiger partial charge in [0.25, 0.3) is 0 Å². The van der Waals surface area contributed by atoms with Crippen LogP contribution in [0.4, 0.5) is 0 Å². The molecule has 2 N–H and O–H groups in total. The third-order valence-electron chi connectivity index (χ3n) is 4.92. The maximum Gasteiger partial charge on any atom is 0.249 e. The van der Waals surface area contributed by atoms with Gasteiger partial charge in [0.2, 0.25) is 11.8 Å². The minimum atomic E-state index is -0.444. The number of nitrogens with zero attached hydrogens (tertiary/aromatic N) is 3. The molecule has 2 fully saturated rings. The molecule has 128 valence electrons. The van der Waals surface area contributed by atoms with E-state index in [0.717, 1.165) is 45.1 Å². The third-order valence-corrected chi connectivity index (χ3v) is 4.92. The number of carbonyl (C=O) groups excluding carboxylic acids is 1. The Morgan fingerprint density at radius 3 is 2.70 bits per heavy atom. The van der Waals surface area contributed by atoms with Crippen LogP contribution in [0.1, 0.15) is 83.5 Å². The lowest BCUT2D eigenvalue weighted by Crippen LogP contribution is -2.35. The number of amides is 1. The van der Waals surface area contributed by atoms with Crippen LogP contribution in [0.25, 0.3) is 0 Å². The van der Waals surface area contributed by atoms with Crippen molar-refractivity contribution in [1.82, 2.24) is 15.0 Å². The second-order valence-corrected chi connectivity index (χ2v) is 8.30. The molecule has 1 atom stereocenters. The first kappa shape index (κ1) is 16.4. The largest absolute Gasteiger partial charge is 0.337 e. The van der Waals surface area contributed by atoms with Crippen molar-refractivity contribution >= 4 is 5.91 Å². The van der Waals surface area contributed by atoms with Crippen molar-refractivity contribution in [1.29, 1.82) is 0 Å². The molecule has 1 unspecified atom stereocenters. The zero-order valence-electron chi connectivity index (χ0n) is 14.5. The van der Waals surface area contributed by atoms with Gasteiger partial charge < -0.3 is 15.2 Å². The molecule has 1 aromatic heterocycles. The highest BCUT2D eigenvalue weighted by molar-refractivity contribution is 5.77. The number of hydrogen-bond donors (Lipinski definition) is 1. The lowest BCUT2D eigenvalue weighted by molar-refractivity contribution is -0.134. The van der Waals surface area contributed by atoms with Gasteiger partial charge in [-0.1, -0.05) is 38.8 Å². The first-order valence-electron chi connectivity index (χ1n) is 8.71. The molecule has 1 aliphatic heterocycles. The van der Waals surface area contributed by atoms with Crippen LogP contribution < -0.4 is 5.73 Å². The first-order chi connectivity index (χ1) is 10.8. The summed E-state index contributed by atoms with van der Waals surface area (Å²) in [4.78, 5) is 19.1. The summed E-state index contributed by atoms with van der Waals surface area (Å²) in [6.07, 6.45) is 6.43. The van der Waals surface area contributed by atoms with Crippen molar-refractivity contribution in [2.75, 3.05) is 6.54 Å². The molecule has 6 nitrogen and oxygen atoms in total. The highest BCUT2D eigenvalue weighted by Gasteiger charge is 2.39. The maximum absolute atomic E-state index is 12.6. The van der Waals surface area contributed by atoms with Crippen molar-refractivity contribution in [2.24, 2.45) is 11.1 Å². The van der Waals surface area contributed by atoms with E-state index in [1.54, 1.807) is 0 Å². The van der Waals surface area contributed by atoms with E-state index in [2.05, 4.69) is 30.9 Å². The molecule has 2 heterocycles. The number of aromatic nitrogens is 2. The summed E-state index contributed by atoms with van der Waals surface area (Å²) in [6, 6.07) is -0.0869. The Labute approximate surface area is 137 Å². The molecule has 1 saturated carbocycles. The Morgan fingerprint density at radius 2 is 2.04 bits per heavy atom. The number of carbonyl (C=O) groups is 1. The summed E-state index contributed by atoms with van der Waals surface area (Å²) in [5.41, 5.74) is 5.94. The number of likely N-dealkylation sites (tertiary alicyclic amines) is 1. The van der Waals surface area contributed by atoms with Gasteiger partial charge >= 0.3 is 0 Å². The van der Waals surface area contributed by atoms with Gasteiger partial charge in [-0.25, -0.2) is 0 Å². The molecule has 1 aromatic rings. The van der Waals surface area contributed by atoms with Gasteiger partial charge in [-0.3, -0.25) is 4.79 Å². The minimum absolute atomic E-state index is 0.0185. The van der Waals surface area contributed by atoms with Gasteiger partial charge in [0.05, 0.1) is 5.54 Å². The fourth-order valence-electron chi connectivity index (χ4n) is 3.68. The maximum atomic E-state index is 12.6. The van der Waals surface area contributed by atoms with Crippen LogP contribution in [0.3, 0.4) is 0 Å². The van der Waals surface area contributed by atoms with Gasteiger partial charge in [-0.2, -0.15) is 4.98 Å². The highest BCUT2D eigenvalue weighted by atomic mass is 16.5. The molecule has 6 heteroatoms. The highest BCUT2D eigenvalue weighted by Crippen LogP contribution is 2.37. The molecule has 0 spiro atoms. The minimum Gasteiger partial charge on any atom is -0.337 e. The molecule has 1 amide bonds. The standard InChI is InChI=1S/C17H28N4O2/c1-16(2,3)11-13(22)21-10-6-7-12(21)14-19-15(20-23-14)17(18)8-4-5-9-17/h12H,4-11,18H2,1-3H3. The Kier molecular flexibility index (Phi) is 4.21. The van der Waals surface area contributed by atoms with Crippen LogP contribution in [-0.2, 0) is 10.3 Å². The van der Waals surface area contributed by atoms with Crippen molar-refractivity contribution in [3.63, 3.8) is 0 Å². The second-order valence-electron chi connectivity index (χ2n) is 8.30. The molecule has 2 aliphatic rings. The van der Waals surface area contributed by atoms with E-state index < -0.39 is 5.54 Å². The monoisotopic (exact) mass is 320 g/mol. The van der Waals surface area contributed by atoms with Crippen LogP contribution in [0, 0.1) is 5.41 Å². The van der Waals surface area contributed by atoms with Crippen molar-refractivity contribution in [2.45, 2.75) is 77.3 Å². The Morgan fingerprint density at radius 1 is 1.35 bits per heavy atom. The van der Waals surface area contributed by atoms with Gasteiger partial charge in [0.15, 0.2) is 5.82 Å². The predicted molar refractivity (Wildman–Crippen MR) is 86.4 cm³/mol. The molecule has 1 aliphatic carbocycles. The van der Waals surface area contributed by atoms with E-state index in [1.165, 1.54) is 0 Å². The van der Waals surface area contributed by atoms with Gasteiger partial charge in [-0.05, 0) is 31.1 Å². The third kappa shape index (κ3) is 3.42. The SMILES string of the molecule is CC(C)(C)CC(=O)N1CCCC1c1nc(C2(N)CCCC2)no1. The molecule has 3 rings (SSSR count). The molecule has 0 aromatic carbocycles. The average Bonchev–Trinajstić information content (AvgIpc) is 3.16. The smallest absolute Gasteiger partial charge is 0.249 e. The van der Waals surface area contributed by atoms with Crippen LogP contribution in [0.15, 0.2) is 4.52 Å². The summed E-state index contributed by atoms with van der Waals surface area (Å²) in [6.45, 7) is 7.02. The van der Waals surface area contributed by atoms with Crippen molar-refractivity contribution in [3.05, 3.63) is 11.7 Å². The number of nitrogens with two attached hydrogens (primary N) is 1. The van der Waals surface area contributed by atoms with Crippen molar-refractivity contribution in [3.8, 4) is 0 Å². The number of hydrogen-bond acceptors (Lipinski definition) is 5. The zero-order valence-corrected chi connectivity index (χ0v) is 14.5. The quantitative estimate of drug-likeness (QED) is 0.925. The average molecular weight is 320 g/mol. The van der Waals surface area contributed by atoms with Gasteiger partial charge in [0, 0.05) is 13.0 Å². The topological polar surface area (TPSA) is 85.2 Å². The Balaban J connectivity index is 1.75. The van der Waals surface area contributed by atoms with E-state index in [9.17, 15) is 4.79 Å². The van der Waals surface area contributed by atoms with E-state index in [0.29, 0.717) is 18.1 Å². The lowest BCUT2D eigenvalue weighted by Gasteiger charge is -2.26. The van der Waals surface area contributed by atoms with Gasteiger partial charge in [0.1, 0.15) is 6.04 Å². The summed E-state index contributed by atoms with van der Waals surface area (Å²) in [5, 5.41) is 4.13. The summed E-state index contributed by atoms with van der Waals surface area (Å²) >= 11 is 0. The summed E-state index contributed by atoms with van der Waals surface area (Å²) in [5.74, 6) is 1.33. The van der Waals surface area contributed by atoms with E-state index >= 15 is 0 Å². The molecular weight excluding hydrogens is 292 g/mol. The van der Waals surface area contributed by atoms with Gasteiger partial charge in [-0.15, -0.1) is 0 Å². The Bertz CT molecular complexity index is 569. The zero-order chi connectivity index (χ0) is 16.7. The van der Waals surface area contributed by atoms with Crippen molar-refractivity contribution < 1.29 is 9.32 Å². The first-order valence-corrected chi connectivity index (χ1v) is 8.71. The number of rotatable bonds is 3. The molecule has 23 heavy (non-hydrogen) atoms. The molecule has 0 bridgehead atoms. The molecule has 1 saturated heterocycles. The van der Waals surface area contributed by atoms with Crippen LogP contribution in [0.2, 0.25) is 0 Å². The summed E-state index contributed by atoms with van der Waals surface area (Å²) in [7, 11) is 0. The van der Waals surface area contributed by atoms with E-state index in [4.69, 9.17) is 10.3 Å². The normalized spacial score (nSPS) is 24.3.